The summed E-state index contributed by atoms with van der Waals surface area (Å²) in [5.41, 5.74) is 0. The second-order valence-corrected chi connectivity index (χ2v) is 3.54. The topological polar surface area (TPSA) is 107 Å². The summed E-state index contributed by atoms with van der Waals surface area (Å²) in [5, 5.41) is 35.5. The van der Waals surface area contributed by atoms with Gasteiger partial charge in [-0.2, -0.15) is 0 Å². The molecule has 0 aromatic carbocycles. The number of carbonyl (C=O) groups is 1. The maximum Gasteiger partial charge on any atom is 0.116 e. The second kappa shape index (κ2) is 12.7. The van der Waals surface area contributed by atoms with Crippen molar-refractivity contribution in [2.75, 3.05) is 13.2 Å². The lowest BCUT2D eigenvalue weighted by molar-refractivity contribution is -0.106. The van der Waals surface area contributed by atoms with Gasteiger partial charge in [0.1, 0.15) is 30.7 Å². The third kappa shape index (κ3) is 8.32. The Labute approximate surface area is 108 Å². The highest BCUT2D eigenvalue weighted by atomic mass is 16.5. The fraction of sp³-hybridized carbons (Fsp3) is 0.750. The average Bonchev–Trinajstić information content (AvgIpc) is 2.70. The number of carbonyl (C=O) groups excluding carboxylic acids is 1. The number of aliphatic hydroxyl groups is 4. The first-order valence-corrected chi connectivity index (χ1v) is 5.77. The van der Waals surface area contributed by atoms with Gasteiger partial charge < -0.3 is 30.0 Å². The van der Waals surface area contributed by atoms with Crippen LogP contribution in [0.25, 0.3) is 0 Å². The lowest BCUT2D eigenvalue weighted by Gasteiger charge is -2.18. The van der Waals surface area contributed by atoms with Crippen molar-refractivity contribution in [2.24, 2.45) is 0 Å². The molecule has 0 aromatic rings. The summed E-state index contributed by atoms with van der Waals surface area (Å²) in [4.78, 5) is 8.81. The number of rotatable bonds is 3. The van der Waals surface area contributed by atoms with Crippen LogP contribution >= 0.6 is 0 Å². The quantitative estimate of drug-likeness (QED) is 0.394. The van der Waals surface area contributed by atoms with E-state index in [0.29, 0.717) is 0 Å². The zero-order valence-electron chi connectivity index (χ0n) is 10.9. The van der Waals surface area contributed by atoms with Crippen LogP contribution in [0, 0.1) is 0 Å². The molecule has 4 N–H and O–H groups in total. The van der Waals surface area contributed by atoms with Crippen molar-refractivity contribution >= 4 is 6.29 Å². The van der Waals surface area contributed by atoms with Crippen LogP contribution < -0.4 is 0 Å². The minimum atomic E-state index is -1.12. The van der Waals surface area contributed by atoms with Gasteiger partial charge in [0.25, 0.3) is 0 Å². The molecule has 6 heteroatoms. The molecule has 0 bridgehead atoms. The highest BCUT2D eigenvalue weighted by Gasteiger charge is 2.38. The highest BCUT2D eigenvalue weighted by Crippen LogP contribution is 2.16. The number of hydrogen-bond acceptors (Lipinski definition) is 6. The van der Waals surface area contributed by atoms with Crippen LogP contribution in [0.15, 0.2) is 12.7 Å². The predicted molar refractivity (Wildman–Crippen MR) is 67.1 cm³/mol. The summed E-state index contributed by atoms with van der Waals surface area (Å²) in [7, 11) is 0. The van der Waals surface area contributed by atoms with Crippen molar-refractivity contribution in [3.63, 3.8) is 0 Å². The van der Waals surface area contributed by atoms with Crippen LogP contribution in [0.4, 0.5) is 0 Å². The van der Waals surface area contributed by atoms with Crippen LogP contribution in [0.5, 0.6) is 0 Å². The molecule has 6 nitrogen and oxygen atoms in total. The van der Waals surface area contributed by atoms with Crippen LogP contribution in [0.1, 0.15) is 20.3 Å². The monoisotopic (exact) mass is 264 g/mol. The van der Waals surface area contributed by atoms with Crippen molar-refractivity contribution in [2.45, 2.75) is 44.7 Å². The molecule has 0 amide bonds. The van der Waals surface area contributed by atoms with Crippen molar-refractivity contribution in [1.29, 1.82) is 0 Å². The van der Waals surface area contributed by atoms with Crippen LogP contribution in [-0.4, -0.2) is 64.3 Å². The molecule has 0 saturated carbocycles. The zero-order chi connectivity index (χ0) is 14.6. The summed E-state index contributed by atoms with van der Waals surface area (Å²) < 4.78 is 4.82. The van der Waals surface area contributed by atoms with Gasteiger partial charge in [0.15, 0.2) is 0 Å². The Bertz CT molecular complexity index is 209. The van der Waals surface area contributed by atoms with E-state index in [1.807, 2.05) is 6.08 Å². The zero-order valence-corrected chi connectivity index (χ0v) is 10.9. The third-order valence-electron chi connectivity index (χ3n) is 2.05. The molecular formula is C12H24O6. The minimum Gasteiger partial charge on any atom is -0.394 e. The predicted octanol–water partition coefficient (Wildman–Crippen LogP) is -0.752. The molecule has 18 heavy (non-hydrogen) atoms. The van der Waals surface area contributed by atoms with Gasteiger partial charge in [-0.05, 0) is 13.3 Å². The smallest absolute Gasteiger partial charge is 0.116 e. The van der Waals surface area contributed by atoms with E-state index in [9.17, 15) is 0 Å². The van der Waals surface area contributed by atoms with Crippen LogP contribution in [-0.2, 0) is 9.53 Å². The Kier molecular flexibility index (Phi) is 13.7. The summed E-state index contributed by atoms with van der Waals surface area (Å²) in [6.45, 7) is 6.51. The van der Waals surface area contributed by atoms with Crippen molar-refractivity contribution in [1.82, 2.24) is 0 Å². The average molecular weight is 264 g/mol. The molecular weight excluding hydrogens is 240 g/mol. The van der Waals surface area contributed by atoms with E-state index in [1.165, 1.54) is 6.92 Å². The van der Waals surface area contributed by atoms with E-state index in [0.717, 1.165) is 12.7 Å². The molecule has 108 valence electrons. The summed E-state index contributed by atoms with van der Waals surface area (Å²) in [5.74, 6) is 0. The van der Waals surface area contributed by atoms with E-state index in [1.54, 1.807) is 0 Å². The Morgan fingerprint density at radius 1 is 1.50 bits per heavy atom. The molecule has 1 fully saturated rings. The largest absolute Gasteiger partial charge is 0.394 e. The third-order valence-corrected chi connectivity index (χ3v) is 2.05. The van der Waals surface area contributed by atoms with E-state index in [-0.39, 0.29) is 6.61 Å². The summed E-state index contributed by atoms with van der Waals surface area (Å²) >= 11 is 0. The fourth-order valence-corrected chi connectivity index (χ4v) is 1.07. The molecule has 0 spiro atoms. The van der Waals surface area contributed by atoms with Gasteiger partial charge in [0, 0.05) is 0 Å². The van der Waals surface area contributed by atoms with Gasteiger partial charge in [-0.1, -0.05) is 13.0 Å². The molecule has 0 unspecified atom stereocenters. The Balaban J connectivity index is 0. The lowest BCUT2D eigenvalue weighted by Crippen LogP contribution is -2.40. The molecule has 4 atom stereocenters. The van der Waals surface area contributed by atoms with Gasteiger partial charge in [-0.25, -0.2) is 0 Å². The van der Waals surface area contributed by atoms with Gasteiger partial charge in [0.05, 0.1) is 13.2 Å². The first-order chi connectivity index (χ1) is 8.49. The fourth-order valence-electron chi connectivity index (χ4n) is 1.07. The van der Waals surface area contributed by atoms with Gasteiger partial charge in [0.2, 0.25) is 0 Å². The van der Waals surface area contributed by atoms with Crippen molar-refractivity contribution < 1.29 is 30.0 Å². The minimum absolute atomic E-state index is 0.00287. The molecule has 1 aliphatic rings. The molecule has 0 aliphatic carbocycles. The van der Waals surface area contributed by atoms with E-state index in [2.05, 4.69) is 13.5 Å². The van der Waals surface area contributed by atoms with Gasteiger partial charge >= 0.3 is 0 Å². The molecule has 0 radical (unpaired) electrons. The SMILES string of the molecule is C=CCC.CC=O.OC[C@@H](O)[C@H]1OC[C@H](O)[C@H]1O. The first-order valence-electron chi connectivity index (χ1n) is 5.77. The van der Waals surface area contributed by atoms with E-state index >= 15 is 0 Å². The summed E-state index contributed by atoms with van der Waals surface area (Å²) in [6.07, 6.45) is -0.338. The summed E-state index contributed by atoms with van der Waals surface area (Å²) in [6, 6.07) is 0. The highest BCUT2D eigenvalue weighted by molar-refractivity contribution is 5.44. The van der Waals surface area contributed by atoms with Crippen LogP contribution in [0.3, 0.4) is 0 Å². The van der Waals surface area contributed by atoms with Crippen molar-refractivity contribution in [3.05, 3.63) is 12.7 Å². The molecule has 1 rings (SSSR count). The Morgan fingerprint density at radius 3 is 2.17 bits per heavy atom. The Morgan fingerprint density at radius 2 is 1.94 bits per heavy atom. The first kappa shape index (κ1) is 19.5. The van der Waals surface area contributed by atoms with Crippen molar-refractivity contribution in [3.8, 4) is 0 Å². The lowest BCUT2D eigenvalue weighted by atomic mass is 10.1. The number of hydrogen-bond donors (Lipinski definition) is 4. The molecule has 1 saturated heterocycles. The number of allylic oxidation sites excluding steroid dienone is 1. The van der Waals surface area contributed by atoms with Gasteiger partial charge in [-0.15, -0.1) is 6.58 Å². The standard InChI is InChI=1S/C6H12O5.C4H8.C2H4O/c7-1-3(8)6-5(10)4(9)2-11-6;1-3-4-2;1-2-3/h3-10H,1-2H2;3H,1,4H2,2H3;2H,1H3/t3-,4+,5-,6-;;/m1../s1. The van der Waals surface area contributed by atoms with E-state index < -0.39 is 31.0 Å². The van der Waals surface area contributed by atoms with Gasteiger partial charge in [-0.3, -0.25) is 0 Å². The normalized spacial score (nSPS) is 27.1. The van der Waals surface area contributed by atoms with E-state index in [4.69, 9.17) is 30.0 Å². The Hall–Kier alpha value is -0.790. The molecule has 0 aromatic heterocycles. The number of aldehydes is 1. The second-order valence-electron chi connectivity index (χ2n) is 3.54. The number of aliphatic hydroxyl groups excluding tert-OH is 4. The molecule has 1 heterocycles. The maximum atomic E-state index is 9.11. The van der Waals surface area contributed by atoms with Crippen LogP contribution in [0.2, 0.25) is 0 Å². The molecule has 1 aliphatic heterocycles. The maximum absolute atomic E-state index is 9.11. The number of ether oxygens (including phenoxy) is 1.